The van der Waals surface area contributed by atoms with E-state index in [-0.39, 0.29) is 13.2 Å². The Hall–Kier alpha value is -0.550. The number of benzene rings is 1. The second kappa shape index (κ2) is 4.29. The van der Waals surface area contributed by atoms with Gasteiger partial charge in [-0.25, -0.2) is 0 Å². The van der Waals surface area contributed by atoms with Gasteiger partial charge in [0.15, 0.2) is 0 Å². The van der Waals surface area contributed by atoms with Gasteiger partial charge < -0.3 is 5.11 Å². The molecule has 0 aliphatic rings. The fourth-order valence-corrected chi connectivity index (χ4v) is 1.24. The van der Waals surface area contributed by atoms with Gasteiger partial charge in [-0.1, -0.05) is 19.6 Å². The lowest BCUT2D eigenvalue weighted by atomic mass is 10.3. The van der Waals surface area contributed by atoms with Crippen LogP contribution in [0.25, 0.3) is 0 Å². The first kappa shape index (κ1) is 9.45. The Balaban J connectivity index is 0.000000810. The maximum atomic E-state index is 10.5. The first-order valence-electron chi connectivity index (χ1n) is 2.89. The monoisotopic (exact) mass is 156 g/mol. The molecule has 0 saturated heterocycles. The van der Waals surface area contributed by atoms with E-state index in [0.29, 0.717) is 8.58 Å². The molecule has 0 radical (unpaired) electrons. The Kier molecular flexibility index (Phi) is 4.06. The average molecular weight is 156 g/mol. The second-order valence-electron chi connectivity index (χ2n) is 1.86. The fourth-order valence-electron chi connectivity index (χ4n) is 0.660. The molecule has 0 heterocycles. The smallest absolute Gasteiger partial charge is 0.0886 e. The highest BCUT2D eigenvalue weighted by Crippen LogP contribution is 2.06. The third-order valence-electron chi connectivity index (χ3n) is 1.21. The Morgan fingerprint density at radius 1 is 1.20 bits per heavy atom. The third kappa shape index (κ3) is 2.36. The maximum absolute atomic E-state index is 10.5. The Morgan fingerprint density at radius 2 is 1.70 bits per heavy atom. The van der Waals surface area contributed by atoms with Gasteiger partial charge in [-0.15, -0.1) is 5.75 Å². The van der Waals surface area contributed by atoms with Crippen LogP contribution < -0.4 is 10.4 Å². The molecule has 0 bridgehead atoms. The molecule has 0 aliphatic carbocycles. The summed E-state index contributed by atoms with van der Waals surface area (Å²) in [5, 5.41) is 11.8. The average Bonchev–Trinajstić information content (AvgIpc) is 1.90. The van der Waals surface area contributed by atoms with Crippen LogP contribution >= 0.6 is 8.58 Å². The Labute approximate surface area is 63.9 Å². The molecule has 1 aromatic carbocycles. The van der Waals surface area contributed by atoms with Gasteiger partial charge in [0, 0.05) is 15.2 Å². The van der Waals surface area contributed by atoms with E-state index in [4.69, 9.17) is 0 Å². The standard InChI is InChI=1S/C7H9OP.CH4/c1-9-7-4-2-6(8)3-5-7;/h2-5,8-9H,1H3;1H4. The van der Waals surface area contributed by atoms with Gasteiger partial charge >= 0.3 is 0 Å². The molecular formula is C8H13OP. The van der Waals surface area contributed by atoms with Crippen molar-refractivity contribution >= 4 is 13.9 Å². The topological polar surface area (TPSA) is 23.1 Å². The zero-order chi connectivity index (χ0) is 6.69. The molecule has 0 saturated carbocycles. The molecule has 0 aromatic heterocycles. The molecule has 0 fully saturated rings. The quantitative estimate of drug-likeness (QED) is 0.557. The van der Waals surface area contributed by atoms with Crippen LogP contribution in [0.3, 0.4) is 0 Å². The largest absolute Gasteiger partial charge is 0.872 e. The summed E-state index contributed by atoms with van der Waals surface area (Å²) in [7, 11) is 0.362. The van der Waals surface area contributed by atoms with Crippen LogP contribution in [0.4, 0.5) is 0 Å². The summed E-state index contributed by atoms with van der Waals surface area (Å²) < 4.78 is 0. The van der Waals surface area contributed by atoms with Crippen LogP contribution in [-0.2, 0) is 0 Å². The zero-order valence-corrected chi connectivity index (χ0v) is 6.45. The highest BCUT2D eigenvalue weighted by molar-refractivity contribution is 7.46. The van der Waals surface area contributed by atoms with Crippen molar-refractivity contribution in [3.8, 4) is 5.75 Å². The highest BCUT2D eigenvalue weighted by atomic mass is 31.1. The lowest BCUT2D eigenvalue weighted by Crippen LogP contribution is -1.94. The molecule has 0 N–H and O–H groups in total. The van der Waals surface area contributed by atoms with Crippen molar-refractivity contribution in [3.05, 3.63) is 24.3 Å². The lowest BCUT2D eigenvalue weighted by Gasteiger charge is -2.01. The van der Waals surface area contributed by atoms with Gasteiger partial charge in [-0.2, -0.15) is 0 Å². The minimum atomic E-state index is 0. The van der Waals surface area contributed by atoms with Crippen molar-refractivity contribution in [1.82, 2.24) is 0 Å². The molecule has 2 heteroatoms. The minimum absolute atomic E-state index is 0. The Morgan fingerprint density at radius 3 is 2.10 bits per heavy atom. The molecule has 1 atom stereocenters. The van der Waals surface area contributed by atoms with Gasteiger partial charge in [-0.05, 0) is 12.1 Å². The van der Waals surface area contributed by atoms with E-state index < -0.39 is 0 Å². The number of hydrogen-bond donors (Lipinski definition) is 0. The van der Waals surface area contributed by atoms with Crippen LogP contribution in [0.1, 0.15) is 7.43 Å². The van der Waals surface area contributed by atoms with Crippen LogP contribution in [0, 0.1) is 0 Å². The van der Waals surface area contributed by atoms with Crippen LogP contribution in [0.2, 0.25) is 0 Å². The van der Waals surface area contributed by atoms with Crippen molar-refractivity contribution in [2.45, 2.75) is 7.43 Å². The molecule has 10 heavy (non-hydrogen) atoms. The normalized spacial score (nSPS) is 9.70. The summed E-state index contributed by atoms with van der Waals surface area (Å²) in [6.45, 7) is 2.15. The summed E-state index contributed by atoms with van der Waals surface area (Å²) in [5.41, 5.74) is 0. The molecule has 56 valence electrons. The van der Waals surface area contributed by atoms with E-state index in [9.17, 15) is 5.11 Å². The van der Waals surface area contributed by atoms with Gasteiger partial charge in [0.25, 0.3) is 0 Å². The molecule has 0 amide bonds. The molecule has 0 spiro atoms. The third-order valence-corrected chi connectivity index (χ3v) is 2.26. The second-order valence-corrected chi connectivity index (χ2v) is 3.10. The first-order chi connectivity index (χ1) is 4.33. The van der Waals surface area contributed by atoms with Crippen molar-refractivity contribution in [2.75, 3.05) is 6.66 Å². The number of hydrogen-bond acceptors (Lipinski definition) is 1. The van der Waals surface area contributed by atoms with Crippen molar-refractivity contribution in [1.29, 1.82) is 0 Å². The molecule has 1 unspecified atom stereocenters. The van der Waals surface area contributed by atoms with E-state index in [2.05, 4.69) is 6.66 Å². The van der Waals surface area contributed by atoms with Crippen molar-refractivity contribution in [3.63, 3.8) is 0 Å². The van der Waals surface area contributed by atoms with Crippen molar-refractivity contribution in [2.24, 2.45) is 0 Å². The zero-order valence-electron chi connectivity index (χ0n) is 5.29. The first-order valence-corrected chi connectivity index (χ1v) is 4.62. The molecule has 0 aliphatic heterocycles. The fraction of sp³-hybridized carbons (Fsp3) is 0.250. The lowest BCUT2D eigenvalue weighted by molar-refractivity contribution is -0.268. The summed E-state index contributed by atoms with van der Waals surface area (Å²) in [5.74, 6) is 0.103. The molecule has 1 rings (SSSR count). The summed E-state index contributed by atoms with van der Waals surface area (Å²) in [6.07, 6.45) is 0. The minimum Gasteiger partial charge on any atom is -0.872 e. The van der Waals surface area contributed by atoms with Crippen LogP contribution in [0.5, 0.6) is 5.75 Å². The summed E-state index contributed by atoms with van der Waals surface area (Å²) in [4.78, 5) is 0. The summed E-state index contributed by atoms with van der Waals surface area (Å²) in [6, 6.07) is 7.03. The van der Waals surface area contributed by atoms with E-state index in [1.54, 1.807) is 12.1 Å². The van der Waals surface area contributed by atoms with E-state index in [0.717, 1.165) is 0 Å². The Bertz CT molecular complexity index is 181. The van der Waals surface area contributed by atoms with E-state index in [1.807, 2.05) is 12.1 Å². The van der Waals surface area contributed by atoms with Gasteiger partial charge in [0.05, 0.1) is 5.30 Å². The van der Waals surface area contributed by atoms with Gasteiger partial charge in [0.1, 0.15) is 0 Å². The van der Waals surface area contributed by atoms with E-state index >= 15 is 0 Å². The highest BCUT2D eigenvalue weighted by Gasteiger charge is 1.88. The predicted octanol–water partition coefficient (Wildman–Crippen LogP) is 1.06. The van der Waals surface area contributed by atoms with Crippen LogP contribution in [0.15, 0.2) is 24.3 Å². The molecule has 1 nitrogen and oxygen atoms in total. The van der Waals surface area contributed by atoms with Gasteiger partial charge in [-0.3, -0.25) is 0 Å². The SMILES string of the molecule is C.C[PH2+]c1ccc([O-])cc1. The van der Waals surface area contributed by atoms with E-state index in [1.165, 1.54) is 5.30 Å². The number of rotatable bonds is 1. The maximum Gasteiger partial charge on any atom is 0.0886 e. The summed E-state index contributed by atoms with van der Waals surface area (Å²) >= 11 is 0. The van der Waals surface area contributed by atoms with Crippen molar-refractivity contribution < 1.29 is 5.11 Å². The van der Waals surface area contributed by atoms with Gasteiger partial charge in [0.2, 0.25) is 0 Å². The predicted molar refractivity (Wildman–Crippen MR) is 47.9 cm³/mol. The molecule has 1 aromatic rings. The van der Waals surface area contributed by atoms with Crippen LogP contribution in [-0.4, -0.2) is 6.66 Å². The molecular weight excluding hydrogens is 143 g/mol.